The van der Waals surface area contributed by atoms with Gasteiger partial charge < -0.3 is 10.6 Å². The van der Waals surface area contributed by atoms with Crippen LogP contribution < -0.4 is 21.8 Å². The highest BCUT2D eigenvalue weighted by Gasteiger charge is 2.44. The molecule has 350 valence electrons. The number of hydrogen-bond donors (Lipinski definition) is 4. The van der Waals surface area contributed by atoms with Crippen LogP contribution in [0.15, 0.2) is 131 Å². The summed E-state index contributed by atoms with van der Waals surface area (Å²) < 4.78 is 72.0. The van der Waals surface area contributed by atoms with Gasteiger partial charge in [0, 0.05) is 52.1 Å². The van der Waals surface area contributed by atoms with E-state index in [9.17, 15) is 45.5 Å². The Hall–Kier alpha value is -7.90. The molecule has 2 fully saturated rings. The number of carbonyl (C=O) groups is 2. The summed E-state index contributed by atoms with van der Waals surface area (Å²) in [6.45, 7) is -0.185. The van der Waals surface area contributed by atoms with Crippen molar-refractivity contribution in [1.29, 1.82) is 0 Å². The van der Waals surface area contributed by atoms with Gasteiger partial charge in [0.05, 0.1) is 51.7 Å². The van der Waals surface area contributed by atoms with E-state index in [1.807, 2.05) is 48.5 Å². The quantitative estimate of drug-likeness (QED) is 0.0976. The van der Waals surface area contributed by atoms with Crippen molar-refractivity contribution in [2.24, 2.45) is 11.8 Å². The number of H-pyrrole nitrogens is 2. The fourth-order valence-electron chi connectivity index (χ4n) is 7.57. The van der Waals surface area contributed by atoms with Gasteiger partial charge in [0.1, 0.15) is 6.54 Å². The van der Waals surface area contributed by atoms with Crippen LogP contribution in [0.5, 0.6) is 0 Å². The SMILES string of the molecule is CCC(F)(F)F.O=C(Nc1ccc(-c2n[nH]c(=O)c3ccccc23)cc1)c1cnn(CC(F)(F)F)c1.O=C(Nc1ccc(-c2nn(C(C3CC3)C3CC3)c(=O)c3ccccc23)cc1)c1cn[nH]c1. The van der Waals surface area contributed by atoms with Gasteiger partial charge in [-0.05, 0) is 73.9 Å². The minimum absolute atomic E-state index is 0.0108. The van der Waals surface area contributed by atoms with Crippen LogP contribution in [-0.2, 0) is 6.54 Å². The molecule has 0 aliphatic heterocycles. The summed E-state index contributed by atoms with van der Waals surface area (Å²) in [4.78, 5) is 49.8. The Morgan fingerprint density at radius 2 is 1.21 bits per heavy atom. The molecule has 10 rings (SSSR count). The first-order valence-corrected chi connectivity index (χ1v) is 21.5. The molecule has 0 saturated heterocycles. The lowest BCUT2D eigenvalue weighted by molar-refractivity contribution is -0.142. The molecular formula is C48H42F6N10O4. The lowest BCUT2D eigenvalue weighted by atomic mass is 10.0. The van der Waals surface area contributed by atoms with Crippen molar-refractivity contribution in [1.82, 2.24) is 40.0 Å². The summed E-state index contributed by atoms with van der Waals surface area (Å²) in [6, 6.07) is 29.3. The maximum absolute atomic E-state index is 13.4. The monoisotopic (exact) mass is 936 g/mol. The molecule has 4 heterocycles. The van der Waals surface area contributed by atoms with E-state index in [0.717, 1.165) is 41.5 Å². The first-order chi connectivity index (χ1) is 32.5. The van der Waals surface area contributed by atoms with E-state index in [-0.39, 0.29) is 28.6 Å². The molecule has 4 aromatic carbocycles. The second-order valence-electron chi connectivity index (χ2n) is 16.3. The molecule has 4 aromatic heterocycles. The number of fused-ring (bicyclic) bond motifs is 2. The van der Waals surface area contributed by atoms with Crippen molar-refractivity contribution in [2.45, 2.75) is 64.0 Å². The summed E-state index contributed by atoms with van der Waals surface area (Å²) in [5.41, 5.74) is 4.36. The third-order valence-corrected chi connectivity index (χ3v) is 11.2. The number of anilines is 2. The number of hydrogen-bond acceptors (Lipinski definition) is 8. The smallest absolute Gasteiger partial charge is 0.322 e. The number of alkyl halides is 6. The fraction of sp³-hybridized carbons (Fsp3) is 0.250. The Morgan fingerprint density at radius 3 is 1.72 bits per heavy atom. The first-order valence-electron chi connectivity index (χ1n) is 21.5. The van der Waals surface area contributed by atoms with Crippen molar-refractivity contribution in [3.05, 3.63) is 154 Å². The Balaban J connectivity index is 0.000000165. The van der Waals surface area contributed by atoms with Gasteiger partial charge in [-0.1, -0.05) is 67.6 Å². The molecule has 14 nitrogen and oxygen atoms in total. The Bertz CT molecular complexity index is 3160. The average molecular weight is 937 g/mol. The van der Waals surface area contributed by atoms with Crippen LogP contribution in [0.4, 0.5) is 37.7 Å². The molecule has 0 spiro atoms. The van der Waals surface area contributed by atoms with Gasteiger partial charge in [-0.2, -0.15) is 46.7 Å². The van der Waals surface area contributed by atoms with Gasteiger partial charge in [0.25, 0.3) is 22.9 Å². The molecular weight excluding hydrogens is 895 g/mol. The third-order valence-electron chi connectivity index (χ3n) is 11.2. The predicted octanol–water partition coefficient (Wildman–Crippen LogP) is 9.96. The van der Waals surface area contributed by atoms with E-state index in [4.69, 9.17) is 5.10 Å². The minimum atomic E-state index is -4.42. The van der Waals surface area contributed by atoms with Gasteiger partial charge >= 0.3 is 12.4 Å². The number of nitrogens with one attached hydrogen (secondary N) is 4. The number of rotatable bonds is 10. The average Bonchev–Trinajstić information content (AvgIpc) is 4.24. The predicted molar refractivity (Wildman–Crippen MR) is 243 cm³/mol. The van der Waals surface area contributed by atoms with Crippen LogP contribution >= 0.6 is 0 Å². The second-order valence-corrected chi connectivity index (χ2v) is 16.3. The van der Waals surface area contributed by atoms with Crippen LogP contribution in [0.25, 0.3) is 44.1 Å². The molecule has 4 N–H and O–H groups in total. The van der Waals surface area contributed by atoms with Crippen molar-refractivity contribution < 1.29 is 35.9 Å². The molecule has 68 heavy (non-hydrogen) atoms. The highest BCUT2D eigenvalue weighted by atomic mass is 19.4. The zero-order valence-electron chi connectivity index (χ0n) is 36.1. The van der Waals surface area contributed by atoms with E-state index in [2.05, 4.69) is 36.1 Å². The van der Waals surface area contributed by atoms with Gasteiger partial charge in [-0.25, -0.2) is 9.78 Å². The fourth-order valence-corrected chi connectivity index (χ4v) is 7.57. The lowest BCUT2D eigenvalue weighted by Crippen LogP contribution is -2.30. The van der Waals surface area contributed by atoms with E-state index < -0.39 is 31.2 Å². The number of benzene rings is 4. The molecule has 2 aliphatic rings. The van der Waals surface area contributed by atoms with Crippen molar-refractivity contribution in [3.8, 4) is 22.5 Å². The molecule has 2 amide bonds. The van der Waals surface area contributed by atoms with Crippen molar-refractivity contribution >= 4 is 44.7 Å². The van der Waals surface area contributed by atoms with Crippen LogP contribution in [0.1, 0.15) is 65.8 Å². The Kier molecular flexibility index (Phi) is 13.4. The molecule has 8 aromatic rings. The van der Waals surface area contributed by atoms with E-state index in [1.54, 1.807) is 59.4 Å². The highest BCUT2D eigenvalue weighted by Crippen LogP contribution is 2.51. The molecule has 2 aliphatic carbocycles. The molecule has 20 heteroatoms. The summed E-state index contributed by atoms with van der Waals surface area (Å²) >= 11 is 0. The number of nitrogens with zero attached hydrogens (tertiary/aromatic N) is 6. The van der Waals surface area contributed by atoms with E-state index in [1.165, 1.54) is 31.9 Å². The van der Waals surface area contributed by atoms with Gasteiger partial charge in [-0.3, -0.25) is 29.0 Å². The summed E-state index contributed by atoms with van der Waals surface area (Å²) in [5.74, 6) is 0.341. The maximum Gasteiger partial charge on any atom is 0.408 e. The van der Waals surface area contributed by atoms with Crippen molar-refractivity contribution in [3.63, 3.8) is 0 Å². The van der Waals surface area contributed by atoms with Gasteiger partial charge in [-0.15, -0.1) is 0 Å². The summed E-state index contributed by atoms with van der Waals surface area (Å²) in [6.07, 6.45) is 0.774. The van der Waals surface area contributed by atoms with Crippen LogP contribution in [0.3, 0.4) is 0 Å². The number of halogens is 6. The first kappa shape index (κ1) is 46.6. The van der Waals surface area contributed by atoms with E-state index in [0.29, 0.717) is 55.3 Å². The van der Waals surface area contributed by atoms with E-state index >= 15 is 0 Å². The number of amides is 2. The van der Waals surface area contributed by atoms with Crippen LogP contribution in [0, 0.1) is 11.8 Å². The largest absolute Gasteiger partial charge is 0.408 e. The van der Waals surface area contributed by atoms with Crippen molar-refractivity contribution in [2.75, 3.05) is 10.6 Å². The zero-order chi connectivity index (χ0) is 48.2. The molecule has 0 radical (unpaired) electrons. The Morgan fingerprint density at radius 1 is 0.691 bits per heavy atom. The second kappa shape index (κ2) is 19.5. The standard InChI is InChI=1S/C25H23N5O2.C20H14F3N5O2.C3H5F3/c31-24(18-13-26-27-14-18)28-19-11-9-15(10-12-19)22-20-3-1-2-4-21(20)25(32)30(29-22)23(16-5-6-16)17-7-8-17;21-20(22,23)11-28-10-13(9-24-28)18(29)25-14-7-5-12(6-8-14)17-15-3-1-2-4-16(15)19(30)27-26-17;1-2-3(4,5)6/h1-4,9-14,16-17,23H,5-8H2,(H,26,27)(H,28,31);1-10H,11H2,(H,25,29)(H,27,30);2H2,1H3. The minimum Gasteiger partial charge on any atom is -0.322 e. The zero-order valence-corrected chi connectivity index (χ0v) is 36.1. The molecule has 0 atom stereocenters. The normalized spacial score (nSPS) is 13.6. The topological polar surface area (TPSA) is 185 Å². The summed E-state index contributed by atoms with van der Waals surface area (Å²) in [5, 5.41) is 29.8. The van der Waals surface area contributed by atoms with Gasteiger partial charge in [0.15, 0.2) is 0 Å². The van der Waals surface area contributed by atoms with Crippen LogP contribution in [0.2, 0.25) is 0 Å². The molecule has 0 unspecified atom stereocenters. The lowest BCUT2D eigenvalue weighted by Gasteiger charge is -2.20. The Labute approximate surface area is 382 Å². The number of carbonyl (C=O) groups excluding carboxylic acids is 2. The molecule has 0 bridgehead atoms. The number of aromatic nitrogens is 8. The maximum atomic E-state index is 13.4. The van der Waals surface area contributed by atoms with Crippen LogP contribution in [-0.4, -0.2) is 64.1 Å². The highest BCUT2D eigenvalue weighted by molar-refractivity contribution is 6.05. The molecule has 2 saturated carbocycles. The third kappa shape index (κ3) is 11.4. The van der Waals surface area contributed by atoms with Gasteiger partial charge in [0.2, 0.25) is 0 Å². The summed E-state index contributed by atoms with van der Waals surface area (Å²) in [7, 11) is 0. The number of aromatic amines is 2.